The van der Waals surface area contributed by atoms with Crippen LogP contribution in [0.5, 0.6) is 11.5 Å². The lowest BCUT2D eigenvalue weighted by Gasteiger charge is -2.37. The van der Waals surface area contributed by atoms with Crippen LogP contribution in [0.1, 0.15) is 37.1 Å². The summed E-state index contributed by atoms with van der Waals surface area (Å²) in [6.45, 7) is 2.81. The number of aliphatic hydroxyl groups is 1. The molecule has 0 saturated heterocycles. The minimum atomic E-state index is -0.626. The molecule has 9 nitrogen and oxygen atoms in total. The molecule has 3 aromatic rings. The standard InChI is InChI=1S/C26H29N3O6/c1-2-32-26-17(6-5-11-30)18(16-9-10-21-22(12-16)34-15-33-21)13-23(35-26)25(31)27-14-24-28-19-7-3-4-8-20(19)29-24/h3-4,7-10,12-13,17-18,26,30H,2,5-6,11,14-15H2,1H3,(H,27,31)(H,28,29)/t17-,18+,26+/m1/s1. The van der Waals surface area contributed by atoms with Gasteiger partial charge in [-0.1, -0.05) is 18.2 Å². The number of imidazole rings is 1. The Hall–Kier alpha value is -3.56. The molecule has 0 fully saturated rings. The molecule has 9 heteroatoms. The number of rotatable bonds is 9. The van der Waals surface area contributed by atoms with Gasteiger partial charge in [0.15, 0.2) is 17.3 Å². The van der Waals surface area contributed by atoms with Crippen molar-refractivity contribution >= 4 is 16.9 Å². The molecule has 2 aromatic carbocycles. The fourth-order valence-electron chi connectivity index (χ4n) is 4.61. The summed E-state index contributed by atoms with van der Waals surface area (Å²) in [4.78, 5) is 20.9. The third kappa shape index (κ3) is 4.96. The van der Waals surface area contributed by atoms with E-state index in [1.807, 2.05) is 55.5 Å². The van der Waals surface area contributed by atoms with Crippen LogP contribution in [0.2, 0.25) is 0 Å². The van der Waals surface area contributed by atoms with Crippen LogP contribution in [0.15, 0.2) is 54.3 Å². The molecular formula is C26H29N3O6. The van der Waals surface area contributed by atoms with Crippen LogP contribution in [0.25, 0.3) is 11.0 Å². The highest BCUT2D eigenvalue weighted by atomic mass is 16.7. The smallest absolute Gasteiger partial charge is 0.286 e. The number of nitrogens with one attached hydrogen (secondary N) is 2. The van der Waals surface area contributed by atoms with E-state index in [0.29, 0.717) is 36.8 Å². The second-order valence-corrected chi connectivity index (χ2v) is 8.52. The maximum absolute atomic E-state index is 13.1. The minimum absolute atomic E-state index is 0.0672. The third-order valence-corrected chi connectivity index (χ3v) is 6.27. The number of amides is 1. The Balaban J connectivity index is 1.40. The molecule has 0 aliphatic carbocycles. The molecule has 3 heterocycles. The van der Waals surface area contributed by atoms with Crippen molar-refractivity contribution in [2.24, 2.45) is 5.92 Å². The Morgan fingerprint density at radius 1 is 1.23 bits per heavy atom. The fraction of sp³-hybridized carbons (Fsp3) is 0.385. The summed E-state index contributed by atoms with van der Waals surface area (Å²) < 4.78 is 23.0. The van der Waals surface area contributed by atoms with Gasteiger partial charge in [-0.25, -0.2) is 4.98 Å². The molecule has 0 saturated carbocycles. The number of carbonyl (C=O) groups is 1. The molecule has 0 unspecified atom stereocenters. The number of para-hydroxylation sites is 2. The number of ether oxygens (including phenoxy) is 4. The van der Waals surface area contributed by atoms with Gasteiger partial charge in [0.2, 0.25) is 13.1 Å². The van der Waals surface area contributed by atoms with Gasteiger partial charge in [0.25, 0.3) is 5.91 Å². The maximum Gasteiger partial charge on any atom is 0.286 e. The second kappa shape index (κ2) is 10.4. The van der Waals surface area contributed by atoms with Gasteiger partial charge in [-0.2, -0.15) is 0 Å². The Morgan fingerprint density at radius 3 is 2.91 bits per heavy atom. The van der Waals surface area contributed by atoms with E-state index >= 15 is 0 Å². The number of allylic oxidation sites excluding steroid dienone is 1. The van der Waals surface area contributed by atoms with Crippen molar-refractivity contribution in [3.8, 4) is 11.5 Å². The van der Waals surface area contributed by atoms with Gasteiger partial charge in [0.05, 0.1) is 17.6 Å². The summed E-state index contributed by atoms with van der Waals surface area (Å²) in [7, 11) is 0. The third-order valence-electron chi connectivity index (χ3n) is 6.27. The lowest BCUT2D eigenvalue weighted by molar-refractivity contribution is -0.166. The maximum atomic E-state index is 13.1. The highest BCUT2D eigenvalue weighted by Gasteiger charge is 2.38. The molecule has 3 N–H and O–H groups in total. The SMILES string of the molecule is CCO[C@H]1OC(C(=O)NCc2nc3ccccc3[nH]2)=C[C@@H](c2ccc3c(c2)OCO3)[C@H]1CCCO. The first kappa shape index (κ1) is 23.2. The molecule has 2 aliphatic rings. The van der Waals surface area contributed by atoms with E-state index in [9.17, 15) is 9.90 Å². The summed E-state index contributed by atoms with van der Waals surface area (Å²) in [5.74, 6) is 1.62. The molecule has 3 atom stereocenters. The van der Waals surface area contributed by atoms with E-state index < -0.39 is 6.29 Å². The topological polar surface area (TPSA) is 115 Å². The first-order valence-electron chi connectivity index (χ1n) is 11.9. The van der Waals surface area contributed by atoms with Gasteiger partial charge in [-0.05, 0) is 55.7 Å². The minimum Gasteiger partial charge on any atom is -0.459 e. The van der Waals surface area contributed by atoms with E-state index in [1.54, 1.807) is 0 Å². The van der Waals surface area contributed by atoms with Crippen molar-refractivity contribution in [2.75, 3.05) is 20.0 Å². The number of H-pyrrole nitrogens is 1. The molecule has 2 aliphatic heterocycles. The molecule has 0 spiro atoms. The predicted molar refractivity (Wildman–Crippen MR) is 128 cm³/mol. The van der Waals surface area contributed by atoms with Crippen molar-refractivity contribution in [1.82, 2.24) is 15.3 Å². The summed E-state index contributed by atoms with van der Waals surface area (Å²) in [5, 5.41) is 12.4. The zero-order chi connectivity index (χ0) is 24.2. The van der Waals surface area contributed by atoms with E-state index in [-0.39, 0.29) is 43.4 Å². The fourth-order valence-corrected chi connectivity index (χ4v) is 4.61. The molecule has 184 valence electrons. The van der Waals surface area contributed by atoms with Gasteiger partial charge in [-0.15, -0.1) is 0 Å². The normalized spacial score (nSPS) is 21.0. The lowest BCUT2D eigenvalue weighted by Crippen LogP contribution is -2.39. The van der Waals surface area contributed by atoms with Crippen LogP contribution in [0, 0.1) is 5.92 Å². The summed E-state index contributed by atoms with van der Waals surface area (Å²) >= 11 is 0. The van der Waals surface area contributed by atoms with Crippen molar-refractivity contribution < 1.29 is 28.8 Å². The van der Waals surface area contributed by atoms with Gasteiger partial charge in [-0.3, -0.25) is 4.79 Å². The monoisotopic (exact) mass is 479 g/mol. The van der Waals surface area contributed by atoms with Gasteiger partial charge >= 0.3 is 0 Å². The number of nitrogens with zero attached hydrogens (tertiary/aromatic N) is 1. The molecule has 5 rings (SSSR count). The Bertz CT molecular complexity index is 1190. The summed E-state index contributed by atoms with van der Waals surface area (Å²) in [6.07, 6.45) is 2.48. The van der Waals surface area contributed by atoms with E-state index in [4.69, 9.17) is 18.9 Å². The highest BCUT2D eigenvalue weighted by Crippen LogP contribution is 2.42. The Morgan fingerprint density at radius 2 is 2.09 bits per heavy atom. The number of aromatic amines is 1. The predicted octanol–water partition coefficient (Wildman–Crippen LogP) is 3.36. The van der Waals surface area contributed by atoms with E-state index in [1.165, 1.54) is 0 Å². The van der Waals surface area contributed by atoms with Crippen molar-refractivity contribution in [2.45, 2.75) is 38.5 Å². The molecule has 0 bridgehead atoms. The zero-order valence-corrected chi connectivity index (χ0v) is 19.5. The lowest BCUT2D eigenvalue weighted by atomic mass is 9.80. The van der Waals surface area contributed by atoms with Crippen LogP contribution in [0.4, 0.5) is 0 Å². The van der Waals surface area contributed by atoms with Crippen LogP contribution in [-0.4, -0.2) is 47.3 Å². The van der Waals surface area contributed by atoms with Gasteiger partial charge in [0, 0.05) is 25.0 Å². The highest BCUT2D eigenvalue weighted by molar-refractivity contribution is 5.91. The quantitative estimate of drug-likeness (QED) is 0.431. The Labute approximate surface area is 203 Å². The molecule has 35 heavy (non-hydrogen) atoms. The van der Waals surface area contributed by atoms with Crippen molar-refractivity contribution in [3.05, 3.63) is 65.7 Å². The molecule has 0 radical (unpaired) electrons. The van der Waals surface area contributed by atoms with Crippen LogP contribution < -0.4 is 14.8 Å². The number of hydrogen-bond acceptors (Lipinski definition) is 7. The van der Waals surface area contributed by atoms with E-state index in [0.717, 1.165) is 16.6 Å². The van der Waals surface area contributed by atoms with Gasteiger partial charge < -0.3 is 34.4 Å². The molecular weight excluding hydrogens is 450 g/mol. The van der Waals surface area contributed by atoms with Crippen LogP contribution >= 0.6 is 0 Å². The van der Waals surface area contributed by atoms with Crippen LogP contribution in [-0.2, 0) is 20.8 Å². The number of carbonyl (C=O) groups excluding carboxylic acids is 1. The van der Waals surface area contributed by atoms with Crippen LogP contribution in [0.3, 0.4) is 0 Å². The van der Waals surface area contributed by atoms with Crippen molar-refractivity contribution in [1.29, 1.82) is 0 Å². The first-order valence-corrected chi connectivity index (χ1v) is 11.9. The van der Waals surface area contributed by atoms with Crippen molar-refractivity contribution in [3.63, 3.8) is 0 Å². The number of fused-ring (bicyclic) bond motifs is 2. The summed E-state index contributed by atoms with van der Waals surface area (Å²) in [5.41, 5.74) is 2.72. The van der Waals surface area contributed by atoms with Gasteiger partial charge in [0.1, 0.15) is 5.82 Å². The Kier molecular flexibility index (Phi) is 6.87. The number of aliphatic hydroxyl groups excluding tert-OH is 1. The first-order chi connectivity index (χ1) is 17.2. The molecule has 1 aromatic heterocycles. The molecule has 1 amide bonds. The average molecular weight is 480 g/mol. The summed E-state index contributed by atoms with van der Waals surface area (Å²) in [6, 6.07) is 13.5. The average Bonchev–Trinajstić information content (AvgIpc) is 3.52. The number of hydrogen-bond donors (Lipinski definition) is 3. The van der Waals surface area contributed by atoms with E-state index in [2.05, 4.69) is 15.3 Å². The second-order valence-electron chi connectivity index (χ2n) is 8.52. The number of aromatic nitrogens is 2. The number of benzene rings is 2. The largest absolute Gasteiger partial charge is 0.459 e. The zero-order valence-electron chi connectivity index (χ0n) is 19.5.